The van der Waals surface area contributed by atoms with Gasteiger partial charge in [0.05, 0.1) is 0 Å². The van der Waals surface area contributed by atoms with Crippen LogP contribution in [0.5, 0.6) is 0 Å². The van der Waals surface area contributed by atoms with Gasteiger partial charge in [-0.25, -0.2) is 0 Å². The molecule has 1 atom stereocenters. The van der Waals surface area contributed by atoms with Gasteiger partial charge >= 0.3 is 0 Å². The van der Waals surface area contributed by atoms with Crippen LogP contribution in [0, 0.1) is 0 Å². The topological polar surface area (TPSA) is 86.6 Å². The number of aliphatic hydroxyl groups excluding tert-OH is 1. The number of benzene rings is 2. The summed E-state index contributed by atoms with van der Waals surface area (Å²) in [7, 11) is 1.52. The molecule has 2 aromatic carbocycles. The quantitative estimate of drug-likeness (QED) is 0.807. The van der Waals surface area contributed by atoms with Gasteiger partial charge in [-0.2, -0.15) is 0 Å². The van der Waals surface area contributed by atoms with Crippen molar-refractivity contribution in [3.8, 4) is 0 Å². The molecule has 0 spiro atoms. The number of likely N-dealkylation sites (N-methyl/N-ethyl adjacent to an activating group) is 1. The van der Waals surface area contributed by atoms with Crippen LogP contribution in [0.1, 0.15) is 29.7 Å². The second-order valence-electron chi connectivity index (χ2n) is 4.90. The molecule has 0 radical (unpaired) electrons. The molecule has 5 nitrogen and oxygen atoms in total. The maximum atomic E-state index is 11.6. The van der Waals surface area contributed by atoms with E-state index in [0.29, 0.717) is 12.0 Å². The minimum atomic E-state index is -1.12. The number of rotatable bonds is 4. The molecular weight excluding hydrogens is 294 g/mol. The summed E-state index contributed by atoms with van der Waals surface area (Å²) >= 11 is 0. The fraction of sp³-hybridized carbons (Fsp3) is 0.222. The maximum absolute atomic E-state index is 11.6. The molecule has 0 aliphatic heterocycles. The van der Waals surface area contributed by atoms with Gasteiger partial charge in [0.25, 0.3) is 11.9 Å². The van der Waals surface area contributed by atoms with Crippen LogP contribution in [-0.2, 0) is 16.0 Å². The lowest BCUT2D eigenvalue weighted by Gasteiger charge is -2.14. The summed E-state index contributed by atoms with van der Waals surface area (Å²) in [5, 5.41) is 19.9. The molecule has 0 aliphatic carbocycles. The molecule has 0 fully saturated rings. The predicted octanol–water partition coefficient (Wildman–Crippen LogP) is 2.15. The Morgan fingerprint density at radius 3 is 2.13 bits per heavy atom. The van der Waals surface area contributed by atoms with Crippen molar-refractivity contribution in [2.75, 3.05) is 7.05 Å². The fourth-order valence-electron chi connectivity index (χ4n) is 2.06. The zero-order chi connectivity index (χ0) is 17.2. The number of carboxylic acid groups (broad SMARTS) is 1. The van der Waals surface area contributed by atoms with Gasteiger partial charge in [0.1, 0.15) is 0 Å². The van der Waals surface area contributed by atoms with Gasteiger partial charge in [-0.3, -0.25) is 9.59 Å². The van der Waals surface area contributed by atoms with Crippen LogP contribution in [-0.4, -0.2) is 29.1 Å². The van der Waals surface area contributed by atoms with Gasteiger partial charge in [0.2, 0.25) is 0 Å². The van der Waals surface area contributed by atoms with Crippen molar-refractivity contribution in [1.82, 2.24) is 5.32 Å². The lowest BCUT2D eigenvalue weighted by molar-refractivity contribution is -0.134. The van der Waals surface area contributed by atoms with E-state index in [-0.39, 0.29) is 5.91 Å². The van der Waals surface area contributed by atoms with E-state index in [2.05, 4.69) is 5.32 Å². The minimum absolute atomic E-state index is 0.388. The Morgan fingerprint density at radius 1 is 1.04 bits per heavy atom. The van der Waals surface area contributed by atoms with Crippen molar-refractivity contribution in [2.45, 2.75) is 19.4 Å². The van der Waals surface area contributed by atoms with E-state index in [4.69, 9.17) is 9.90 Å². The molecule has 23 heavy (non-hydrogen) atoms. The first kappa shape index (κ1) is 18.4. The predicted molar refractivity (Wildman–Crippen MR) is 88.0 cm³/mol. The van der Waals surface area contributed by atoms with Crippen LogP contribution in [0.15, 0.2) is 54.6 Å². The number of aliphatic hydroxyl groups is 1. The molecule has 122 valence electrons. The zero-order valence-electron chi connectivity index (χ0n) is 13.2. The molecule has 0 saturated heterocycles. The molecule has 0 aliphatic rings. The lowest BCUT2D eigenvalue weighted by atomic mass is 9.96. The van der Waals surface area contributed by atoms with Crippen molar-refractivity contribution in [2.24, 2.45) is 0 Å². The third kappa shape index (κ3) is 6.32. The first-order valence-corrected chi connectivity index (χ1v) is 7.16. The summed E-state index contributed by atoms with van der Waals surface area (Å²) in [6.45, 7) is 1.08. The van der Waals surface area contributed by atoms with Crippen LogP contribution in [0.4, 0.5) is 0 Å². The Balaban J connectivity index is 0.000000593. The first-order chi connectivity index (χ1) is 11.0. The van der Waals surface area contributed by atoms with Gasteiger partial charge in [0, 0.05) is 14.0 Å². The SMILES string of the molecule is CC(=O)O.CNC(=O)C(O)c1ccccc1Cc1ccccc1. The molecule has 3 N–H and O–H groups in total. The van der Waals surface area contributed by atoms with E-state index >= 15 is 0 Å². The second-order valence-corrected chi connectivity index (χ2v) is 4.90. The number of hydrogen-bond donors (Lipinski definition) is 3. The van der Waals surface area contributed by atoms with Crippen LogP contribution >= 0.6 is 0 Å². The van der Waals surface area contributed by atoms with Crippen molar-refractivity contribution in [3.05, 3.63) is 71.3 Å². The summed E-state index contributed by atoms with van der Waals surface area (Å²) in [5.74, 6) is -1.22. The zero-order valence-corrected chi connectivity index (χ0v) is 13.2. The lowest BCUT2D eigenvalue weighted by Crippen LogP contribution is -2.26. The van der Waals surface area contributed by atoms with E-state index in [1.807, 2.05) is 48.5 Å². The molecule has 2 rings (SSSR count). The highest BCUT2D eigenvalue weighted by molar-refractivity contribution is 5.82. The van der Waals surface area contributed by atoms with Crippen LogP contribution in [0.25, 0.3) is 0 Å². The monoisotopic (exact) mass is 315 g/mol. The standard InChI is InChI=1S/C16H17NO2.C2H4O2/c1-17-16(19)15(18)14-10-6-5-9-13(14)11-12-7-3-2-4-8-12;1-2(3)4/h2-10,15,18H,11H2,1H3,(H,17,19);1H3,(H,3,4). The number of carboxylic acids is 1. The Hall–Kier alpha value is -2.66. The Bertz CT molecular complexity index is 636. The van der Waals surface area contributed by atoms with E-state index in [9.17, 15) is 9.90 Å². The van der Waals surface area contributed by atoms with Gasteiger partial charge in [-0.15, -0.1) is 0 Å². The Kier molecular flexibility index (Phi) is 7.50. The van der Waals surface area contributed by atoms with Crippen LogP contribution in [0.3, 0.4) is 0 Å². The summed E-state index contributed by atoms with van der Waals surface area (Å²) < 4.78 is 0. The second kappa shape index (κ2) is 9.38. The molecule has 0 bridgehead atoms. The van der Waals surface area contributed by atoms with Gasteiger partial charge < -0.3 is 15.5 Å². The maximum Gasteiger partial charge on any atom is 0.300 e. The van der Waals surface area contributed by atoms with Gasteiger partial charge in [0.15, 0.2) is 6.10 Å². The first-order valence-electron chi connectivity index (χ1n) is 7.16. The van der Waals surface area contributed by atoms with E-state index in [1.165, 1.54) is 7.05 Å². The summed E-state index contributed by atoms with van der Waals surface area (Å²) in [4.78, 5) is 20.6. The highest BCUT2D eigenvalue weighted by Gasteiger charge is 2.18. The number of hydrogen-bond acceptors (Lipinski definition) is 3. The third-order valence-electron chi connectivity index (χ3n) is 3.08. The molecule has 1 amide bonds. The summed E-state index contributed by atoms with van der Waals surface area (Å²) in [5.41, 5.74) is 2.77. The smallest absolute Gasteiger partial charge is 0.300 e. The van der Waals surface area contributed by atoms with E-state index < -0.39 is 12.1 Å². The normalized spacial score (nSPS) is 10.9. The number of amides is 1. The van der Waals surface area contributed by atoms with Crippen molar-refractivity contribution in [3.63, 3.8) is 0 Å². The largest absolute Gasteiger partial charge is 0.481 e. The Labute approximate surface area is 135 Å². The van der Waals surface area contributed by atoms with Crippen molar-refractivity contribution >= 4 is 11.9 Å². The molecule has 2 aromatic rings. The van der Waals surface area contributed by atoms with Gasteiger partial charge in [-0.1, -0.05) is 54.6 Å². The molecule has 0 saturated carbocycles. The molecule has 5 heteroatoms. The van der Waals surface area contributed by atoms with Crippen LogP contribution < -0.4 is 5.32 Å². The van der Waals surface area contributed by atoms with E-state index in [0.717, 1.165) is 18.1 Å². The molecule has 0 aromatic heterocycles. The molecule has 0 heterocycles. The fourth-order valence-corrected chi connectivity index (χ4v) is 2.06. The van der Waals surface area contributed by atoms with Crippen LogP contribution in [0.2, 0.25) is 0 Å². The highest BCUT2D eigenvalue weighted by Crippen LogP contribution is 2.21. The van der Waals surface area contributed by atoms with E-state index in [1.54, 1.807) is 6.07 Å². The van der Waals surface area contributed by atoms with Crippen molar-refractivity contribution < 1.29 is 19.8 Å². The van der Waals surface area contributed by atoms with Crippen molar-refractivity contribution in [1.29, 1.82) is 0 Å². The third-order valence-corrected chi connectivity index (χ3v) is 3.08. The number of carbonyl (C=O) groups is 2. The molecule has 1 unspecified atom stereocenters. The number of carbonyl (C=O) groups excluding carboxylic acids is 1. The number of aliphatic carboxylic acids is 1. The Morgan fingerprint density at radius 2 is 1.57 bits per heavy atom. The summed E-state index contributed by atoms with van der Waals surface area (Å²) in [6, 6.07) is 17.5. The molecular formula is C18H21NO4. The highest BCUT2D eigenvalue weighted by atomic mass is 16.4. The average molecular weight is 315 g/mol. The van der Waals surface area contributed by atoms with Gasteiger partial charge in [-0.05, 0) is 23.1 Å². The minimum Gasteiger partial charge on any atom is -0.481 e. The average Bonchev–Trinajstić information content (AvgIpc) is 2.54. The number of nitrogens with one attached hydrogen (secondary N) is 1. The summed E-state index contributed by atoms with van der Waals surface area (Å²) in [6.07, 6.45) is -0.421.